The van der Waals surface area contributed by atoms with Gasteiger partial charge in [-0.2, -0.15) is 0 Å². The van der Waals surface area contributed by atoms with Crippen LogP contribution >= 0.6 is 0 Å². The predicted molar refractivity (Wildman–Crippen MR) is 118 cm³/mol. The van der Waals surface area contributed by atoms with E-state index in [4.69, 9.17) is 15.2 Å². The third-order valence-corrected chi connectivity index (χ3v) is 4.83. The summed E-state index contributed by atoms with van der Waals surface area (Å²) in [7, 11) is 0. The van der Waals surface area contributed by atoms with Gasteiger partial charge in [0.25, 0.3) is 0 Å². The van der Waals surface area contributed by atoms with Crippen LogP contribution in [0.3, 0.4) is 0 Å². The van der Waals surface area contributed by atoms with Crippen LogP contribution in [0, 0.1) is 0 Å². The van der Waals surface area contributed by atoms with Crippen LogP contribution in [0.1, 0.15) is 47.8 Å². The second-order valence-electron chi connectivity index (χ2n) is 7.24. The molecule has 1 atom stereocenters. The van der Waals surface area contributed by atoms with Crippen LogP contribution in [-0.4, -0.2) is 31.1 Å². The molecule has 0 aliphatic carbocycles. The van der Waals surface area contributed by atoms with E-state index in [2.05, 4.69) is 34.7 Å². The van der Waals surface area contributed by atoms with Crippen molar-refractivity contribution in [2.24, 2.45) is 10.7 Å². The minimum atomic E-state index is -0.433. The van der Waals surface area contributed by atoms with Gasteiger partial charge in [0.2, 0.25) is 5.91 Å². The van der Waals surface area contributed by atoms with Gasteiger partial charge in [-0.05, 0) is 50.6 Å². The first-order valence-corrected chi connectivity index (χ1v) is 10.4. The topological polar surface area (TPSA) is 98.0 Å². The highest BCUT2D eigenvalue weighted by Crippen LogP contribution is 2.35. The summed E-state index contributed by atoms with van der Waals surface area (Å²) < 4.78 is 11.8. The molecule has 0 radical (unpaired) electrons. The average Bonchev–Trinajstić information content (AvgIpc) is 3.09. The minimum absolute atomic E-state index is 0.192. The number of rotatable bonds is 8. The first-order chi connectivity index (χ1) is 14.5. The SMILES string of the molecule is CCNC(=NCc1ccc(C(N)=O)cc1)NCc1cc2c(cc1OCC)CC(C)O2. The van der Waals surface area contributed by atoms with Crippen molar-refractivity contribution in [2.75, 3.05) is 13.2 Å². The maximum Gasteiger partial charge on any atom is 0.248 e. The van der Waals surface area contributed by atoms with Gasteiger partial charge < -0.3 is 25.8 Å². The van der Waals surface area contributed by atoms with Crippen molar-refractivity contribution < 1.29 is 14.3 Å². The number of hydrogen-bond donors (Lipinski definition) is 3. The Bertz CT molecular complexity index is 909. The van der Waals surface area contributed by atoms with Gasteiger partial charge in [-0.15, -0.1) is 0 Å². The first-order valence-electron chi connectivity index (χ1n) is 10.4. The fraction of sp³-hybridized carbons (Fsp3) is 0.391. The second kappa shape index (κ2) is 10.0. The van der Waals surface area contributed by atoms with Crippen LogP contribution in [0.5, 0.6) is 11.5 Å². The Morgan fingerprint density at radius 2 is 2.00 bits per heavy atom. The molecule has 0 fully saturated rings. The van der Waals surface area contributed by atoms with E-state index in [1.54, 1.807) is 12.1 Å². The van der Waals surface area contributed by atoms with Gasteiger partial charge in [0.15, 0.2) is 5.96 Å². The first kappa shape index (κ1) is 21.5. The van der Waals surface area contributed by atoms with Gasteiger partial charge in [0, 0.05) is 36.2 Å². The van der Waals surface area contributed by atoms with Gasteiger partial charge in [0.1, 0.15) is 17.6 Å². The molecular weight excluding hydrogens is 380 g/mol. The van der Waals surface area contributed by atoms with E-state index in [0.29, 0.717) is 31.2 Å². The summed E-state index contributed by atoms with van der Waals surface area (Å²) in [5.41, 5.74) is 8.99. The summed E-state index contributed by atoms with van der Waals surface area (Å²) in [4.78, 5) is 15.8. The van der Waals surface area contributed by atoms with E-state index in [1.165, 1.54) is 5.56 Å². The highest BCUT2D eigenvalue weighted by Gasteiger charge is 2.21. The molecule has 1 amide bonds. The lowest BCUT2D eigenvalue weighted by atomic mass is 10.1. The molecule has 1 heterocycles. The van der Waals surface area contributed by atoms with Crippen molar-refractivity contribution in [1.29, 1.82) is 0 Å². The van der Waals surface area contributed by atoms with Crippen LogP contribution in [-0.2, 0) is 19.5 Å². The van der Waals surface area contributed by atoms with Crippen molar-refractivity contribution in [2.45, 2.75) is 46.4 Å². The number of nitrogens with zero attached hydrogens (tertiary/aromatic N) is 1. The number of benzene rings is 2. The highest BCUT2D eigenvalue weighted by molar-refractivity contribution is 5.92. The Morgan fingerprint density at radius 1 is 1.23 bits per heavy atom. The smallest absolute Gasteiger partial charge is 0.248 e. The quantitative estimate of drug-likeness (QED) is 0.459. The summed E-state index contributed by atoms with van der Waals surface area (Å²) in [6.45, 7) is 8.48. The molecular formula is C23H30N4O3. The Balaban J connectivity index is 1.70. The Morgan fingerprint density at radius 3 is 2.67 bits per heavy atom. The Labute approximate surface area is 177 Å². The number of hydrogen-bond acceptors (Lipinski definition) is 4. The minimum Gasteiger partial charge on any atom is -0.494 e. The van der Waals surface area contributed by atoms with Crippen molar-refractivity contribution in [1.82, 2.24) is 10.6 Å². The number of aliphatic imine (C=N–C) groups is 1. The number of nitrogens with one attached hydrogen (secondary N) is 2. The molecule has 7 nitrogen and oxygen atoms in total. The lowest BCUT2D eigenvalue weighted by Crippen LogP contribution is -2.36. The van der Waals surface area contributed by atoms with Crippen LogP contribution in [0.2, 0.25) is 0 Å². The van der Waals surface area contributed by atoms with Gasteiger partial charge in [0.05, 0.1) is 13.2 Å². The summed E-state index contributed by atoms with van der Waals surface area (Å²) in [6.07, 6.45) is 1.10. The molecule has 0 aromatic heterocycles. The Kier molecular flexibility index (Phi) is 7.17. The van der Waals surface area contributed by atoms with Crippen LogP contribution in [0.25, 0.3) is 0 Å². The normalized spacial score (nSPS) is 15.3. The molecule has 2 aromatic carbocycles. The van der Waals surface area contributed by atoms with Crippen LogP contribution in [0.4, 0.5) is 0 Å². The van der Waals surface area contributed by atoms with E-state index >= 15 is 0 Å². The number of amides is 1. The summed E-state index contributed by atoms with van der Waals surface area (Å²) in [5.74, 6) is 2.07. The van der Waals surface area contributed by atoms with E-state index in [-0.39, 0.29) is 6.10 Å². The van der Waals surface area contributed by atoms with Gasteiger partial charge in [-0.3, -0.25) is 4.79 Å². The molecule has 0 saturated carbocycles. The number of ether oxygens (including phenoxy) is 2. The second-order valence-corrected chi connectivity index (χ2v) is 7.24. The molecule has 7 heteroatoms. The number of primary amides is 1. The molecule has 30 heavy (non-hydrogen) atoms. The molecule has 1 aliphatic rings. The predicted octanol–water partition coefficient (Wildman–Crippen LogP) is 2.76. The zero-order valence-corrected chi connectivity index (χ0v) is 17.8. The Hall–Kier alpha value is -3.22. The fourth-order valence-electron chi connectivity index (χ4n) is 3.37. The lowest BCUT2D eigenvalue weighted by molar-refractivity contribution is 0.100. The van der Waals surface area contributed by atoms with E-state index in [9.17, 15) is 4.79 Å². The maximum absolute atomic E-state index is 11.2. The number of carbonyl (C=O) groups is 1. The van der Waals surface area contributed by atoms with Crippen molar-refractivity contribution in [3.05, 3.63) is 58.7 Å². The molecule has 1 unspecified atom stereocenters. The lowest BCUT2D eigenvalue weighted by Gasteiger charge is -2.15. The molecule has 4 N–H and O–H groups in total. The number of nitrogens with two attached hydrogens (primary N) is 1. The molecule has 0 spiro atoms. The van der Waals surface area contributed by atoms with Crippen molar-refractivity contribution in [3.63, 3.8) is 0 Å². The van der Waals surface area contributed by atoms with Gasteiger partial charge in [-0.1, -0.05) is 12.1 Å². The molecule has 1 aliphatic heterocycles. The molecule has 160 valence electrons. The summed E-state index contributed by atoms with van der Waals surface area (Å²) >= 11 is 0. The standard InChI is InChI=1S/C23H30N4O3/c1-4-25-23(26-13-16-6-8-17(9-7-16)22(24)28)27-14-19-12-21-18(10-15(3)30-21)11-20(19)29-5-2/h6-9,11-12,15H,4-5,10,13-14H2,1-3H3,(H2,24,28)(H2,25,26,27). The van der Waals surface area contributed by atoms with Crippen molar-refractivity contribution >= 4 is 11.9 Å². The van der Waals surface area contributed by atoms with E-state index in [0.717, 1.165) is 35.6 Å². The summed E-state index contributed by atoms with van der Waals surface area (Å²) in [6, 6.07) is 11.3. The van der Waals surface area contributed by atoms with Crippen LogP contribution in [0.15, 0.2) is 41.4 Å². The molecule has 0 bridgehead atoms. The fourth-order valence-corrected chi connectivity index (χ4v) is 3.37. The average molecular weight is 411 g/mol. The largest absolute Gasteiger partial charge is 0.494 e. The zero-order valence-electron chi connectivity index (χ0n) is 17.8. The number of guanidine groups is 1. The van der Waals surface area contributed by atoms with Crippen molar-refractivity contribution in [3.8, 4) is 11.5 Å². The third-order valence-electron chi connectivity index (χ3n) is 4.83. The third kappa shape index (κ3) is 5.43. The molecule has 2 aromatic rings. The maximum atomic E-state index is 11.2. The number of fused-ring (bicyclic) bond motifs is 1. The van der Waals surface area contributed by atoms with E-state index in [1.807, 2.05) is 26.0 Å². The molecule has 0 saturated heterocycles. The highest BCUT2D eigenvalue weighted by atomic mass is 16.5. The van der Waals surface area contributed by atoms with Gasteiger partial charge >= 0.3 is 0 Å². The van der Waals surface area contributed by atoms with Gasteiger partial charge in [-0.25, -0.2) is 4.99 Å². The summed E-state index contributed by atoms with van der Waals surface area (Å²) in [5, 5.41) is 6.62. The van der Waals surface area contributed by atoms with E-state index < -0.39 is 5.91 Å². The monoisotopic (exact) mass is 410 g/mol. The zero-order chi connectivity index (χ0) is 21.5. The van der Waals surface area contributed by atoms with Crippen LogP contribution < -0.4 is 25.8 Å². The number of carbonyl (C=O) groups excluding carboxylic acids is 1. The molecule has 3 rings (SSSR count).